The van der Waals surface area contributed by atoms with Gasteiger partial charge in [-0.05, 0) is 43.9 Å². The lowest BCUT2D eigenvalue weighted by atomic mass is 10.0. The van der Waals surface area contributed by atoms with E-state index in [1.54, 1.807) is 0 Å². The molecule has 1 unspecified atom stereocenters. The number of nitrogens with two attached hydrogens (primary N) is 1. The Morgan fingerprint density at radius 2 is 1.96 bits per heavy atom. The van der Waals surface area contributed by atoms with Gasteiger partial charge in [-0.2, -0.15) is 0 Å². The van der Waals surface area contributed by atoms with E-state index in [1.165, 1.54) is 6.42 Å². The molecular formula is C19H32N2O2. The van der Waals surface area contributed by atoms with Gasteiger partial charge in [0.05, 0.1) is 12.3 Å². The predicted molar refractivity (Wildman–Crippen MR) is 97.0 cm³/mol. The molecule has 3 N–H and O–H groups in total. The number of benzene rings is 1. The number of rotatable bonds is 11. The Hall–Kier alpha value is -1.55. The van der Waals surface area contributed by atoms with Crippen LogP contribution in [0.2, 0.25) is 0 Å². The van der Waals surface area contributed by atoms with Crippen molar-refractivity contribution in [3.63, 3.8) is 0 Å². The van der Waals surface area contributed by atoms with Crippen molar-refractivity contribution in [1.82, 2.24) is 0 Å². The van der Waals surface area contributed by atoms with Gasteiger partial charge in [0.1, 0.15) is 5.75 Å². The lowest BCUT2D eigenvalue weighted by molar-refractivity contribution is -0.116. The number of anilines is 1. The summed E-state index contributed by atoms with van der Waals surface area (Å²) in [4.78, 5) is 11.9. The number of ether oxygens (including phenoxy) is 1. The molecule has 1 atom stereocenters. The molecule has 1 aromatic rings. The van der Waals surface area contributed by atoms with Gasteiger partial charge in [-0.25, -0.2) is 0 Å². The molecule has 0 aliphatic carbocycles. The largest absolute Gasteiger partial charge is 0.492 e. The lowest BCUT2D eigenvalue weighted by Gasteiger charge is -2.15. The summed E-state index contributed by atoms with van der Waals surface area (Å²) >= 11 is 0. The summed E-state index contributed by atoms with van der Waals surface area (Å²) in [5.74, 6) is 0.776. The highest BCUT2D eigenvalue weighted by molar-refractivity contribution is 5.92. The van der Waals surface area contributed by atoms with Crippen molar-refractivity contribution in [2.24, 2.45) is 5.73 Å². The van der Waals surface area contributed by atoms with E-state index < -0.39 is 0 Å². The van der Waals surface area contributed by atoms with E-state index >= 15 is 0 Å². The molecule has 0 saturated carbocycles. The van der Waals surface area contributed by atoms with Crippen LogP contribution in [0.15, 0.2) is 18.2 Å². The molecule has 0 aliphatic rings. The van der Waals surface area contributed by atoms with Gasteiger partial charge in [0.2, 0.25) is 5.91 Å². The molecule has 0 fully saturated rings. The van der Waals surface area contributed by atoms with Gasteiger partial charge in [0, 0.05) is 12.5 Å². The van der Waals surface area contributed by atoms with Gasteiger partial charge >= 0.3 is 0 Å². The second-order valence-electron chi connectivity index (χ2n) is 6.02. The van der Waals surface area contributed by atoms with Crippen molar-refractivity contribution in [2.45, 2.75) is 71.8 Å². The first kappa shape index (κ1) is 19.5. The molecule has 1 amide bonds. The zero-order valence-electron chi connectivity index (χ0n) is 14.9. The third-order valence-electron chi connectivity index (χ3n) is 3.80. The fourth-order valence-corrected chi connectivity index (χ4v) is 2.49. The Labute approximate surface area is 140 Å². The Morgan fingerprint density at radius 3 is 2.61 bits per heavy atom. The Kier molecular flexibility index (Phi) is 9.37. The number of carbonyl (C=O) groups excluding carboxylic acids is 1. The number of carbonyl (C=O) groups is 1. The summed E-state index contributed by atoms with van der Waals surface area (Å²) in [6, 6.07) is 6.14. The molecule has 1 rings (SSSR count). The van der Waals surface area contributed by atoms with E-state index in [0.29, 0.717) is 13.0 Å². The predicted octanol–water partition coefficient (Wildman–Crippen LogP) is 4.27. The number of hydrogen-bond acceptors (Lipinski definition) is 3. The third-order valence-corrected chi connectivity index (χ3v) is 3.80. The summed E-state index contributed by atoms with van der Waals surface area (Å²) in [5.41, 5.74) is 8.08. The van der Waals surface area contributed by atoms with Crippen LogP contribution in [0.4, 0.5) is 5.69 Å². The molecule has 0 heterocycles. The van der Waals surface area contributed by atoms with Gasteiger partial charge < -0.3 is 15.8 Å². The van der Waals surface area contributed by atoms with Crippen molar-refractivity contribution in [1.29, 1.82) is 0 Å². The van der Waals surface area contributed by atoms with Crippen LogP contribution < -0.4 is 15.8 Å². The zero-order chi connectivity index (χ0) is 17.1. The molecule has 0 saturated heterocycles. The fraction of sp³-hybridized carbons (Fsp3) is 0.632. The smallest absolute Gasteiger partial charge is 0.224 e. The number of amides is 1. The minimum atomic E-state index is 0.0419. The van der Waals surface area contributed by atoms with E-state index in [1.807, 2.05) is 25.1 Å². The minimum absolute atomic E-state index is 0.0419. The standard InChI is InChI=1S/C19H32N2O2/c1-4-7-9-16(20)13-15-11-12-17(18(14-15)23-6-3)21-19(22)10-8-5-2/h11-12,14,16H,4-10,13,20H2,1-3H3,(H,21,22). The van der Waals surface area contributed by atoms with Gasteiger partial charge in [0.15, 0.2) is 0 Å². The normalized spacial score (nSPS) is 12.0. The SMILES string of the molecule is CCCCC(=O)Nc1ccc(CC(N)CCCC)cc1OCC. The molecule has 4 nitrogen and oxygen atoms in total. The summed E-state index contributed by atoms with van der Waals surface area (Å²) in [6.45, 7) is 6.77. The summed E-state index contributed by atoms with van der Waals surface area (Å²) < 4.78 is 5.69. The zero-order valence-corrected chi connectivity index (χ0v) is 14.9. The van der Waals surface area contributed by atoms with Crippen LogP contribution in [0.3, 0.4) is 0 Å². The van der Waals surface area contributed by atoms with Crippen LogP contribution in [0.1, 0.15) is 64.9 Å². The molecule has 4 heteroatoms. The van der Waals surface area contributed by atoms with E-state index in [4.69, 9.17) is 10.5 Å². The average molecular weight is 320 g/mol. The van der Waals surface area contributed by atoms with E-state index in [9.17, 15) is 4.79 Å². The molecule has 130 valence electrons. The molecule has 0 aromatic heterocycles. The minimum Gasteiger partial charge on any atom is -0.492 e. The van der Waals surface area contributed by atoms with Crippen LogP contribution in [-0.2, 0) is 11.2 Å². The number of hydrogen-bond donors (Lipinski definition) is 2. The summed E-state index contributed by atoms with van der Waals surface area (Å²) in [6.07, 6.45) is 6.66. The van der Waals surface area contributed by atoms with E-state index in [0.717, 1.165) is 49.1 Å². The van der Waals surface area contributed by atoms with Crippen LogP contribution in [0.25, 0.3) is 0 Å². The highest BCUT2D eigenvalue weighted by atomic mass is 16.5. The third kappa shape index (κ3) is 7.51. The monoisotopic (exact) mass is 320 g/mol. The van der Waals surface area contributed by atoms with Gasteiger partial charge in [0.25, 0.3) is 0 Å². The molecule has 0 radical (unpaired) electrons. The first-order chi connectivity index (χ1) is 11.1. The highest BCUT2D eigenvalue weighted by Gasteiger charge is 2.11. The average Bonchev–Trinajstić information content (AvgIpc) is 2.53. The quantitative estimate of drug-likeness (QED) is 0.640. The maximum atomic E-state index is 11.9. The lowest BCUT2D eigenvalue weighted by Crippen LogP contribution is -2.22. The Morgan fingerprint density at radius 1 is 1.22 bits per heavy atom. The van der Waals surface area contributed by atoms with Crippen molar-refractivity contribution in [3.05, 3.63) is 23.8 Å². The Bertz CT molecular complexity index is 474. The van der Waals surface area contributed by atoms with E-state index in [2.05, 4.69) is 19.2 Å². The highest BCUT2D eigenvalue weighted by Crippen LogP contribution is 2.27. The molecule has 0 aliphatic heterocycles. The molecule has 0 spiro atoms. The first-order valence-electron chi connectivity index (χ1n) is 8.91. The second kappa shape index (κ2) is 11.1. The second-order valence-corrected chi connectivity index (χ2v) is 6.02. The van der Waals surface area contributed by atoms with Crippen molar-refractivity contribution in [3.8, 4) is 5.75 Å². The van der Waals surface area contributed by atoms with Gasteiger partial charge in [-0.1, -0.05) is 39.2 Å². The van der Waals surface area contributed by atoms with Crippen LogP contribution in [0, 0.1) is 0 Å². The number of unbranched alkanes of at least 4 members (excludes halogenated alkanes) is 2. The molecular weight excluding hydrogens is 288 g/mol. The van der Waals surface area contributed by atoms with Crippen LogP contribution in [-0.4, -0.2) is 18.6 Å². The number of nitrogens with one attached hydrogen (secondary N) is 1. The van der Waals surface area contributed by atoms with Crippen molar-refractivity contribution in [2.75, 3.05) is 11.9 Å². The van der Waals surface area contributed by atoms with Crippen molar-refractivity contribution >= 4 is 11.6 Å². The maximum Gasteiger partial charge on any atom is 0.224 e. The van der Waals surface area contributed by atoms with E-state index in [-0.39, 0.29) is 11.9 Å². The maximum absolute atomic E-state index is 11.9. The van der Waals surface area contributed by atoms with Crippen LogP contribution in [0.5, 0.6) is 5.75 Å². The summed E-state index contributed by atoms with van der Waals surface area (Å²) in [5, 5.41) is 2.95. The van der Waals surface area contributed by atoms with Gasteiger partial charge in [-0.3, -0.25) is 4.79 Å². The Balaban J connectivity index is 2.74. The van der Waals surface area contributed by atoms with Crippen LogP contribution >= 0.6 is 0 Å². The van der Waals surface area contributed by atoms with Crippen molar-refractivity contribution < 1.29 is 9.53 Å². The molecule has 1 aromatic carbocycles. The summed E-state index contributed by atoms with van der Waals surface area (Å²) in [7, 11) is 0. The molecule has 23 heavy (non-hydrogen) atoms. The fourth-order valence-electron chi connectivity index (χ4n) is 2.49. The van der Waals surface area contributed by atoms with Gasteiger partial charge in [-0.15, -0.1) is 0 Å². The first-order valence-corrected chi connectivity index (χ1v) is 8.91. The molecule has 0 bridgehead atoms. The topological polar surface area (TPSA) is 64.4 Å².